The van der Waals surface area contributed by atoms with Gasteiger partial charge in [0.15, 0.2) is 0 Å². The van der Waals surface area contributed by atoms with Gasteiger partial charge in [-0.05, 0) is 31.1 Å². The highest BCUT2D eigenvalue weighted by molar-refractivity contribution is 7.88. The molecule has 0 aliphatic carbocycles. The van der Waals surface area contributed by atoms with Crippen molar-refractivity contribution in [2.24, 2.45) is 17.8 Å². The Morgan fingerprint density at radius 2 is 1.70 bits per heavy atom. The number of nitrogens with zero attached hydrogens (tertiary/aromatic N) is 2. The molecule has 0 aromatic heterocycles. The number of hydrogen-bond acceptors (Lipinski definition) is 3. The molecule has 0 aromatic carbocycles. The third-order valence-corrected chi connectivity index (χ3v) is 5.65. The molecule has 2 saturated heterocycles. The Bertz CT molecular complexity index is 453. The predicted molar refractivity (Wildman–Crippen MR) is 78.7 cm³/mol. The maximum absolute atomic E-state index is 12.6. The van der Waals surface area contributed by atoms with Crippen LogP contribution >= 0.6 is 0 Å². The molecule has 2 aliphatic rings. The van der Waals surface area contributed by atoms with Crippen LogP contribution in [0.25, 0.3) is 0 Å². The van der Waals surface area contributed by atoms with Gasteiger partial charge in [0.25, 0.3) is 0 Å². The second kappa shape index (κ2) is 6.02. The van der Waals surface area contributed by atoms with Crippen LogP contribution in [-0.2, 0) is 14.8 Å². The zero-order chi connectivity index (χ0) is 14.9. The van der Waals surface area contributed by atoms with E-state index in [4.69, 9.17) is 0 Å². The number of hydrogen-bond donors (Lipinski definition) is 0. The summed E-state index contributed by atoms with van der Waals surface area (Å²) >= 11 is 0. The Labute approximate surface area is 122 Å². The first-order valence-electron chi connectivity index (χ1n) is 7.51. The molecule has 0 N–H and O–H groups in total. The van der Waals surface area contributed by atoms with E-state index in [0.29, 0.717) is 24.9 Å². The topological polar surface area (TPSA) is 57.7 Å². The lowest BCUT2D eigenvalue weighted by Gasteiger charge is -2.39. The minimum Gasteiger partial charge on any atom is -0.342 e. The first kappa shape index (κ1) is 15.8. The first-order chi connectivity index (χ1) is 9.27. The summed E-state index contributed by atoms with van der Waals surface area (Å²) in [6.07, 6.45) is 3.99. The number of amides is 1. The molecule has 0 spiro atoms. The van der Waals surface area contributed by atoms with Crippen LogP contribution in [0.5, 0.6) is 0 Å². The average Bonchev–Trinajstić information content (AvgIpc) is 2.36. The van der Waals surface area contributed by atoms with E-state index in [2.05, 4.69) is 13.8 Å². The summed E-state index contributed by atoms with van der Waals surface area (Å²) in [5.41, 5.74) is 0. The van der Waals surface area contributed by atoms with E-state index in [0.717, 1.165) is 25.9 Å². The van der Waals surface area contributed by atoms with Crippen molar-refractivity contribution in [2.45, 2.75) is 33.1 Å². The third kappa shape index (κ3) is 3.73. The second-order valence-corrected chi connectivity index (χ2v) is 8.63. The van der Waals surface area contributed by atoms with Crippen LogP contribution in [0, 0.1) is 17.8 Å². The molecule has 6 heteroatoms. The molecule has 2 aliphatic heterocycles. The zero-order valence-corrected chi connectivity index (χ0v) is 13.5. The van der Waals surface area contributed by atoms with E-state index in [1.165, 1.54) is 17.0 Å². The van der Waals surface area contributed by atoms with Crippen LogP contribution in [0.4, 0.5) is 0 Å². The molecule has 20 heavy (non-hydrogen) atoms. The standard InChI is InChI=1S/C14H26N2O3S/c1-11-7-12(2)9-15(8-11)14(17)13-5-4-6-16(10-13)20(3,18)19/h11-13H,4-10H2,1-3H3/t11-,12-,13-/m1/s1. The van der Waals surface area contributed by atoms with Gasteiger partial charge in [-0.2, -0.15) is 0 Å². The molecule has 0 saturated carbocycles. The van der Waals surface area contributed by atoms with Crippen molar-refractivity contribution in [1.82, 2.24) is 9.21 Å². The summed E-state index contributed by atoms with van der Waals surface area (Å²) in [6, 6.07) is 0. The lowest BCUT2D eigenvalue weighted by atomic mass is 9.90. The Kier molecular flexibility index (Phi) is 4.74. The van der Waals surface area contributed by atoms with Gasteiger partial charge < -0.3 is 4.90 Å². The van der Waals surface area contributed by atoms with E-state index in [1.54, 1.807) is 0 Å². The molecule has 0 radical (unpaired) electrons. The Morgan fingerprint density at radius 3 is 2.25 bits per heavy atom. The Morgan fingerprint density at radius 1 is 1.10 bits per heavy atom. The summed E-state index contributed by atoms with van der Waals surface area (Å²) in [5, 5.41) is 0. The van der Waals surface area contributed by atoms with Gasteiger partial charge in [-0.3, -0.25) is 4.79 Å². The number of sulfonamides is 1. The third-order valence-electron chi connectivity index (χ3n) is 4.38. The predicted octanol–water partition coefficient (Wildman–Crippen LogP) is 1.16. The summed E-state index contributed by atoms with van der Waals surface area (Å²) in [5.74, 6) is 1.07. The second-order valence-electron chi connectivity index (χ2n) is 6.65. The van der Waals surface area contributed by atoms with Crippen molar-refractivity contribution in [3.63, 3.8) is 0 Å². The number of likely N-dealkylation sites (tertiary alicyclic amines) is 1. The lowest BCUT2D eigenvalue weighted by Crippen LogP contribution is -2.50. The summed E-state index contributed by atoms with van der Waals surface area (Å²) in [7, 11) is -3.18. The highest BCUT2D eigenvalue weighted by Crippen LogP contribution is 2.26. The van der Waals surface area contributed by atoms with Gasteiger partial charge in [0, 0.05) is 26.2 Å². The number of piperidine rings is 2. The highest BCUT2D eigenvalue weighted by atomic mass is 32.2. The molecule has 2 fully saturated rings. The molecule has 5 nitrogen and oxygen atoms in total. The van der Waals surface area contributed by atoms with Crippen LogP contribution in [-0.4, -0.2) is 56.0 Å². The SMILES string of the molecule is C[C@@H]1C[C@@H](C)CN(C(=O)[C@@H]2CCCN(S(C)(=O)=O)C2)C1. The molecule has 116 valence electrons. The van der Waals surface area contributed by atoms with Gasteiger partial charge in [0.05, 0.1) is 12.2 Å². The van der Waals surface area contributed by atoms with Crippen molar-refractivity contribution >= 4 is 15.9 Å². The largest absolute Gasteiger partial charge is 0.342 e. The van der Waals surface area contributed by atoms with Gasteiger partial charge in [0.1, 0.15) is 0 Å². The molecule has 0 aromatic rings. The van der Waals surface area contributed by atoms with Crippen LogP contribution in [0.3, 0.4) is 0 Å². The quantitative estimate of drug-likeness (QED) is 0.769. The van der Waals surface area contributed by atoms with Crippen molar-refractivity contribution in [3.05, 3.63) is 0 Å². The molecule has 1 amide bonds. The van der Waals surface area contributed by atoms with Crippen LogP contribution < -0.4 is 0 Å². The fourth-order valence-corrected chi connectivity index (χ4v) is 4.46. The van der Waals surface area contributed by atoms with Crippen LogP contribution in [0.1, 0.15) is 33.1 Å². The van der Waals surface area contributed by atoms with Gasteiger partial charge in [-0.25, -0.2) is 12.7 Å². The van der Waals surface area contributed by atoms with Crippen LogP contribution in [0.2, 0.25) is 0 Å². The molecule has 2 heterocycles. The maximum atomic E-state index is 12.6. The Balaban J connectivity index is 2.01. The molecule has 0 bridgehead atoms. The van der Waals surface area contributed by atoms with E-state index in [-0.39, 0.29) is 11.8 Å². The minimum absolute atomic E-state index is 0.150. The van der Waals surface area contributed by atoms with E-state index in [9.17, 15) is 13.2 Å². The van der Waals surface area contributed by atoms with E-state index < -0.39 is 10.0 Å². The number of carbonyl (C=O) groups excluding carboxylic acids is 1. The van der Waals surface area contributed by atoms with Crippen molar-refractivity contribution < 1.29 is 13.2 Å². The maximum Gasteiger partial charge on any atom is 0.227 e. The smallest absolute Gasteiger partial charge is 0.227 e. The van der Waals surface area contributed by atoms with Crippen molar-refractivity contribution in [1.29, 1.82) is 0 Å². The van der Waals surface area contributed by atoms with E-state index >= 15 is 0 Å². The van der Waals surface area contributed by atoms with Crippen LogP contribution in [0.15, 0.2) is 0 Å². The van der Waals surface area contributed by atoms with Crippen molar-refractivity contribution in [2.75, 3.05) is 32.4 Å². The summed E-state index contributed by atoms with van der Waals surface area (Å²) in [6.45, 7) is 6.91. The fourth-order valence-electron chi connectivity index (χ4n) is 3.55. The molecule has 0 unspecified atom stereocenters. The van der Waals surface area contributed by atoms with Gasteiger partial charge in [-0.1, -0.05) is 13.8 Å². The zero-order valence-electron chi connectivity index (χ0n) is 12.7. The van der Waals surface area contributed by atoms with Crippen molar-refractivity contribution in [3.8, 4) is 0 Å². The lowest BCUT2D eigenvalue weighted by molar-refractivity contribution is -0.139. The average molecular weight is 302 g/mol. The minimum atomic E-state index is -3.18. The molecular formula is C14H26N2O3S. The fraction of sp³-hybridized carbons (Fsp3) is 0.929. The summed E-state index contributed by atoms with van der Waals surface area (Å²) < 4.78 is 24.7. The Hall–Kier alpha value is -0.620. The normalized spacial score (nSPS) is 33.1. The molecule has 3 atom stereocenters. The molecular weight excluding hydrogens is 276 g/mol. The number of carbonyl (C=O) groups is 1. The number of rotatable bonds is 2. The highest BCUT2D eigenvalue weighted by Gasteiger charge is 2.34. The van der Waals surface area contributed by atoms with Gasteiger partial charge in [0.2, 0.25) is 15.9 Å². The van der Waals surface area contributed by atoms with Gasteiger partial charge in [-0.15, -0.1) is 0 Å². The van der Waals surface area contributed by atoms with Gasteiger partial charge >= 0.3 is 0 Å². The summed E-state index contributed by atoms with van der Waals surface area (Å²) in [4.78, 5) is 14.6. The molecule has 2 rings (SSSR count). The monoisotopic (exact) mass is 302 g/mol. The van der Waals surface area contributed by atoms with E-state index in [1.807, 2.05) is 4.90 Å². The first-order valence-corrected chi connectivity index (χ1v) is 9.36.